The van der Waals surface area contributed by atoms with Crippen molar-refractivity contribution in [3.05, 3.63) is 28.2 Å². The minimum Gasteiger partial charge on any atom is -0.330 e. The van der Waals surface area contributed by atoms with E-state index in [-0.39, 0.29) is 12.3 Å². The van der Waals surface area contributed by atoms with Gasteiger partial charge in [0.2, 0.25) is 5.91 Å². The molecular weight excluding hydrogens is 223 g/mol. The van der Waals surface area contributed by atoms with Crippen LogP contribution in [0.5, 0.6) is 0 Å². The number of carbonyl (C=O) groups is 1. The zero-order valence-corrected chi connectivity index (χ0v) is 8.90. The van der Waals surface area contributed by atoms with Crippen molar-refractivity contribution >= 4 is 34.8 Å². The first-order chi connectivity index (χ1) is 6.63. The van der Waals surface area contributed by atoms with Crippen molar-refractivity contribution < 1.29 is 4.79 Å². The quantitative estimate of drug-likeness (QED) is 0.841. The predicted molar refractivity (Wildman–Crippen MR) is 58.8 cm³/mol. The lowest BCUT2D eigenvalue weighted by molar-refractivity contribution is -0.116. The molecule has 0 saturated carbocycles. The summed E-state index contributed by atoms with van der Waals surface area (Å²) in [5.41, 5.74) is 5.74. The molecule has 1 amide bonds. The zero-order valence-electron chi connectivity index (χ0n) is 7.39. The summed E-state index contributed by atoms with van der Waals surface area (Å²) in [7, 11) is 0. The summed E-state index contributed by atoms with van der Waals surface area (Å²) in [5.74, 6) is -0.170. The van der Waals surface area contributed by atoms with E-state index in [0.29, 0.717) is 22.3 Å². The van der Waals surface area contributed by atoms with E-state index in [1.807, 2.05) is 0 Å². The molecule has 0 fully saturated rings. The maximum absolute atomic E-state index is 11.2. The summed E-state index contributed by atoms with van der Waals surface area (Å²) >= 11 is 11.6. The first kappa shape index (κ1) is 11.3. The minimum atomic E-state index is -0.170. The average molecular weight is 233 g/mol. The Kier molecular flexibility index (Phi) is 4.20. The molecule has 1 aromatic carbocycles. The van der Waals surface area contributed by atoms with Crippen LogP contribution in [-0.4, -0.2) is 12.5 Å². The fourth-order valence-corrected chi connectivity index (χ4v) is 1.27. The molecule has 0 aliphatic heterocycles. The number of halogens is 2. The Labute approximate surface area is 92.2 Å². The van der Waals surface area contributed by atoms with E-state index in [0.717, 1.165) is 0 Å². The summed E-state index contributed by atoms with van der Waals surface area (Å²) in [6.07, 6.45) is 0.267. The first-order valence-electron chi connectivity index (χ1n) is 4.08. The Morgan fingerprint density at radius 3 is 2.79 bits per heavy atom. The molecule has 0 heterocycles. The van der Waals surface area contributed by atoms with Crippen molar-refractivity contribution in [2.45, 2.75) is 6.42 Å². The molecule has 0 radical (unpaired) electrons. The summed E-state index contributed by atoms with van der Waals surface area (Å²) < 4.78 is 0. The molecule has 0 atom stereocenters. The third-order valence-corrected chi connectivity index (χ3v) is 2.14. The van der Waals surface area contributed by atoms with Crippen LogP contribution in [0.1, 0.15) is 6.42 Å². The molecule has 0 spiro atoms. The summed E-state index contributed by atoms with van der Waals surface area (Å²) in [4.78, 5) is 11.2. The van der Waals surface area contributed by atoms with Gasteiger partial charge < -0.3 is 11.1 Å². The van der Waals surface area contributed by atoms with Crippen LogP contribution in [0.15, 0.2) is 18.2 Å². The maximum atomic E-state index is 11.2. The molecule has 5 heteroatoms. The van der Waals surface area contributed by atoms with Gasteiger partial charge in [-0.2, -0.15) is 0 Å². The summed E-state index contributed by atoms with van der Waals surface area (Å²) in [6.45, 7) is 0.310. The van der Waals surface area contributed by atoms with Crippen molar-refractivity contribution in [1.82, 2.24) is 0 Å². The largest absolute Gasteiger partial charge is 0.330 e. The number of carbonyl (C=O) groups excluding carboxylic acids is 1. The fraction of sp³-hybridized carbons (Fsp3) is 0.222. The van der Waals surface area contributed by atoms with Gasteiger partial charge in [0.15, 0.2) is 0 Å². The van der Waals surface area contributed by atoms with Gasteiger partial charge in [0.1, 0.15) is 0 Å². The number of nitrogens with one attached hydrogen (secondary N) is 1. The number of nitrogens with two attached hydrogens (primary N) is 1. The zero-order chi connectivity index (χ0) is 10.6. The number of anilines is 1. The maximum Gasteiger partial charge on any atom is 0.225 e. The first-order valence-corrected chi connectivity index (χ1v) is 4.84. The van der Waals surface area contributed by atoms with E-state index in [1.165, 1.54) is 0 Å². The van der Waals surface area contributed by atoms with Crippen LogP contribution in [-0.2, 0) is 4.79 Å². The van der Waals surface area contributed by atoms with Gasteiger partial charge in [-0.3, -0.25) is 4.79 Å². The van der Waals surface area contributed by atoms with Crippen LogP contribution in [0, 0.1) is 0 Å². The van der Waals surface area contributed by atoms with Crippen molar-refractivity contribution in [1.29, 1.82) is 0 Å². The van der Waals surface area contributed by atoms with E-state index in [2.05, 4.69) is 5.32 Å². The third kappa shape index (κ3) is 3.18. The standard InChI is InChI=1S/C9H10Cl2N2O/c10-6-1-2-7(11)8(5-6)13-9(14)3-4-12/h1-2,5H,3-4,12H2,(H,13,14). The second-order valence-electron chi connectivity index (χ2n) is 2.71. The van der Waals surface area contributed by atoms with Gasteiger partial charge in [0.25, 0.3) is 0 Å². The lowest BCUT2D eigenvalue weighted by atomic mass is 10.3. The van der Waals surface area contributed by atoms with Crippen molar-refractivity contribution in [2.24, 2.45) is 5.73 Å². The molecule has 1 rings (SSSR count). The molecule has 0 unspecified atom stereocenters. The van der Waals surface area contributed by atoms with E-state index in [9.17, 15) is 4.79 Å². The minimum absolute atomic E-state index is 0.170. The van der Waals surface area contributed by atoms with Crippen molar-refractivity contribution in [3.8, 4) is 0 Å². The highest BCUT2D eigenvalue weighted by Gasteiger charge is 2.05. The number of benzene rings is 1. The van der Waals surface area contributed by atoms with E-state index < -0.39 is 0 Å². The van der Waals surface area contributed by atoms with Crippen molar-refractivity contribution in [2.75, 3.05) is 11.9 Å². The van der Waals surface area contributed by atoms with Gasteiger partial charge in [-0.25, -0.2) is 0 Å². The number of rotatable bonds is 3. The van der Waals surface area contributed by atoms with Gasteiger partial charge in [0, 0.05) is 18.0 Å². The topological polar surface area (TPSA) is 55.1 Å². The Balaban J connectivity index is 2.75. The van der Waals surface area contributed by atoms with Gasteiger partial charge in [-0.15, -0.1) is 0 Å². The lowest BCUT2D eigenvalue weighted by Gasteiger charge is -2.06. The lowest BCUT2D eigenvalue weighted by Crippen LogP contribution is -2.16. The average Bonchev–Trinajstić information content (AvgIpc) is 2.12. The van der Waals surface area contributed by atoms with Crippen LogP contribution in [0.3, 0.4) is 0 Å². The van der Waals surface area contributed by atoms with Gasteiger partial charge in [-0.1, -0.05) is 23.2 Å². The van der Waals surface area contributed by atoms with Crippen LogP contribution < -0.4 is 11.1 Å². The normalized spacial score (nSPS) is 9.93. The monoisotopic (exact) mass is 232 g/mol. The summed E-state index contributed by atoms with van der Waals surface area (Å²) in [5, 5.41) is 3.60. The van der Waals surface area contributed by atoms with E-state index in [4.69, 9.17) is 28.9 Å². The van der Waals surface area contributed by atoms with Crippen LogP contribution in [0.25, 0.3) is 0 Å². The molecule has 1 aromatic rings. The van der Waals surface area contributed by atoms with E-state index in [1.54, 1.807) is 18.2 Å². The van der Waals surface area contributed by atoms with Gasteiger partial charge >= 0.3 is 0 Å². The molecule has 3 N–H and O–H groups in total. The predicted octanol–water partition coefficient (Wildman–Crippen LogP) is 2.28. The second-order valence-corrected chi connectivity index (χ2v) is 3.55. The SMILES string of the molecule is NCCC(=O)Nc1cc(Cl)ccc1Cl. The number of amides is 1. The summed E-state index contributed by atoms with van der Waals surface area (Å²) in [6, 6.07) is 4.88. The Bertz CT molecular complexity index is 342. The molecule has 0 aliphatic carbocycles. The second kappa shape index (κ2) is 5.20. The van der Waals surface area contributed by atoms with Crippen molar-refractivity contribution in [3.63, 3.8) is 0 Å². The highest BCUT2D eigenvalue weighted by Crippen LogP contribution is 2.25. The van der Waals surface area contributed by atoms with Gasteiger partial charge in [0.05, 0.1) is 10.7 Å². The fourth-order valence-electron chi connectivity index (χ4n) is 0.937. The van der Waals surface area contributed by atoms with Crippen LogP contribution in [0.4, 0.5) is 5.69 Å². The Hall–Kier alpha value is -0.770. The highest BCUT2D eigenvalue weighted by atomic mass is 35.5. The molecule has 14 heavy (non-hydrogen) atoms. The van der Waals surface area contributed by atoms with Crippen LogP contribution >= 0.6 is 23.2 Å². The molecule has 0 aromatic heterocycles. The Morgan fingerprint density at radius 2 is 2.14 bits per heavy atom. The smallest absolute Gasteiger partial charge is 0.225 e. The third-order valence-electron chi connectivity index (χ3n) is 1.57. The molecule has 3 nitrogen and oxygen atoms in total. The van der Waals surface area contributed by atoms with E-state index >= 15 is 0 Å². The molecule has 0 aliphatic rings. The Morgan fingerprint density at radius 1 is 1.43 bits per heavy atom. The number of hydrogen-bond donors (Lipinski definition) is 2. The molecular formula is C9H10Cl2N2O. The number of hydrogen-bond acceptors (Lipinski definition) is 2. The molecule has 0 bridgehead atoms. The highest BCUT2D eigenvalue weighted by molar-refractivity contribution is 6.35. The molecule has 76 valence electrons. The van der Waals surface area contributed by atoms with Gasteiger partial charge in [-0.05, 0) is 18.2 Å². The molecule has 0 saturated heterocycles. The van der Waals surface area contributed by atoms with Crippen LogP contribution in [0.2, 0.25) is 10.0 Å².